The van der Waals surface area contributed by atoms with E-state index in [-0.39, 0.29) is 0 Å². The average Bonchev–Trinajstić information content (AvgIpc) is 2.64. The van der Waals surface area contributed by atoms with Crippen LogP contribution in [0.3, 0.4) is 0 Å². The van der Waals surface area contributed by atoms with Crippen molar-refractivity contribution in [3.63, 3.8) is 0 Å². The fourth-order valence-corrected chi connectivity index (χ4v) is 3.54. The summed E-state index contributed by atoms with van der Waals surface area (Å²) in [7, 11) is 3.53. The van der Waals surface area contributed by atoms with E-state index in [4.69, 9.17) is 9.47 Å². The quantitative estimate of drug-likeness (QED) is 0.414. The first-order valence-corrected chi connectivity index (χ1v) is 9.97. The highest BCUT2D eigenvalue weighted by molar-refractivity contribution is 5.79. The van der Waals surface area contributed by atoms with E-state index >= 15 is 0 Å². The first kappa shape index (κ1) is 21.5. The number of methoxy groups -OCH3 is 1. The topological polar surface area (TPSA) is 58.1 Å². The van der Waals surface area contributed by atoms with E-state index in [1.807, 2.05) is 7.05 Å². The minimum absolute atomic E-state index is 0.330. The number of nitrogens with zero attached hydrogens (tertiary/aromatic N) is 2. The third kappa shape index (κ3) is 7.39. The van der Waals surface area contributed by atoms with Gasteiger partial charge in [0.05, 0.1) is 19.3 Å². The lowest BCUT2D eigenvalue weighted by Gasteiger charge is -2.35. The van der Waals surface area contributed by atoms with Crippen LogP contribution in [-0.2, 0) is 11.2 Å². The van der Waals surface area contributed by atoms with Gasteiger partial charge in [-0.25, -0.2) is 0 Å². The smallest absolute Gasteiger partial charge is 0.190 e. The van der Waals surface area contributed by atoms with Gasteiger partial charge < -0.3 is 20.1 Å². The number of ether oxygens (including phenoxy) is 2. The molecular formula is C21H36N4O2. The van der Waals surface area contributed by atoms with Gasteiger partial charge in [0.1, 0.15) is 5.75 Å². The van der Waals surface area contributed by atoms with Gasteiger partial charge >= 0.3 is 0 Å². The zero-order valence-corrected chi connectivity index (χ0v) is 17.5. The van der Waals surface area contributed by atoms with Crippen molar-refractivity contribution in [2.45, 2.75) is 45.8 Å². The molecule has 1 saturated heterocycles. The minimum Gasteiger partial charge on any atom is -0.496 e. The SMILES string of the molecule is CN=C(NCCCN1CC(C)OC(C)C1)NCCc1ccc(C)c(OC)c1. The van der Waals surface area contributed by atoms with Gasteiger partial charge in [-0.2, -0.15) is 0 Å². The standard InChI is InChI=1S/C21H36N4O2/c1-16-7-8-19(13-20(16)26-5)9-11-24-21(22-4)23-10-6-12-25-14-17(2)27-18(3)15-25/h7-8,13,17-18H,6,9-12,14-15H2,1-5H3,(H2,22,23,24). The van der Waals surface area contributed by atoms with E-state index in [9.17, 15) is 0 Å². The Morgan fingerprint density at radius 1 is 1.22 bits per heavy atom. The Morgan fingerprint density at radius 3 is 2.59 bits per heavy atom. The number of nitrogens with one attached hydrogen (secondary N) is 2. The van der Waals surface area contributed by atoms with Crippen LogP contribution in [0.4, 0.5) is 0 Å². The van der Waals surface area contributed by atoms with Crippen LogP contribution in [0.5, 0.6) is 5.75 Å². The summed E-state index contributed by atoms with van der Waals surface area (Å²) >= 11 is 0. The molecule has 2 unspecified atom stereocenters. The van der Waals surface area contributed by atoms with Crippen LogP contribution < -0.4 is 15.4 Å². The average molecular weight is 377 g/mol. The molecule has 2 N–H and O–H groups in total. The zero-order chi connectivity index (χ0) is 19.6. The minimum atomic E-state index is 0.330. The van der Waals surface area contributed by atoms with E-state index in [2.05, 4.69) is 59.5 Å². The Labute approximate surface area is 164 Å². The molecule has 1 heterocycles. The molecule has 0 saturated carbocycles. The van der Waals surface area contributed by atoms with Crippen LogP contribution in [0.15, 0.2) is 23.2 Å². The van der Waals surface area contributed by atoms with E-state index in [0.717, 1.165) is 62.8 Å². The third-order valence-electron chi connectivity index (χ3n) is 4.84. The molecule has 0 aliphatic carbocycles. The predicted molar refractivity (Wildman–Crippen MR) is 112 cm³/mol. The summed E-state index contributed by atoms with van der Waals surface area (Å²) in [6.45, 7) is 11.2. The maximum absolute atomic E-state index is 5.79. The highest BCUT2D eigenvalue weighted by Crippen LogP contribution is 2.19. The number of rotatable bonds is 8. The first-order chi connectivity index (χ1) is 13.0. The molecule has 27 heavy (non-hydrogen) atoms. The Bertz CT molecular complexity index is 596. The number of morpholine rings is 1. The molecule has 1 aromatic rings. The van der Waals surface area contributed by atoms with Gasteiger partial charge in [-0.1, -0.05) is 12.1 Å². The van der Waals surface area contributed by atoms with Crippen LogP contribution in [0.25, 0.3) is 0 Å². The second kappa shape index (κ2) is 11.1. The summed E-state index contributed by atoms with van der Waals surface area (Å²) in [6, 6.07) is 6.37. The molecule has 1 aliphatic rings. The van der Waals surface area contributed by atoms with Crippen molar-refractivity contribution in [3.05, 3.63) is 29.3 Å². The van der Waals surface area contributed by atoms with Crippen LogP contribution in [0.1, 0.15) is 31.4 Å². The second-order valence-corrected chi connectivity index (χ2v) is 7.35. The summed E-state index contributed by atoms with van der Waals surface area (Å²) in [6.07, 6.45) is 2.68. The number of aryl methyl sites for hydroxylation is 1. The van der Waals surface area contributed by atoms with Crippen LogP contribution in [0, 0.1) is 6.92 Å². The maximum Gasteiger partial charge on any atom is 0.190 e. The number of aliphatic imine (C=N–C) groups is 1. The van der Waals surface area contributed by atoms with Gasteiger partial charge in [0.25, 0.3) is 0 Å². The van der Waals surface area contributed by atoms with E-state index < -0.39 is 0 Å². The molecule has 0 spiro atoms. The Kier molecular flexibility index (Phi) is 8.88. The van der Waals surface area contributed by atoms with Crippen LogP contribution in [-0.4, -0.2) is 69.9 Å². The first-order valence-electron chi connectivity index (χ1n) is 9.97. The highest BCUT2D eigenvalue weighted by atomic mass is 16.5. The van der Waals surface area contributed by atoms with Crippen molar-refractivity contribution in [1.29, 1.82) is 0 Å². The van der Waals surface area contributed by atoms with Crippen molar-refractivity contribution in [2.24, 2.45) is 4.99 Å². The number of hydrogen-bond acceptors (Lipinski definition) is 4. The molecule has 0 radical (unpaired) electrons. The molecule has 6 heteroatoms. The predicted octanol–water partition coefficient (Wildman–Crippen LogP) is 2.21. The van der Waals surface area contributed by atoms with E-state index in [1.54, 1.807) is 7.11 Å². The Hall–Kier alpha value is -1.79. The lowest BCUT2D eigenvalue weighted by molar-refractivity contribution is -0.0679. The molecule has 2 atom stereocenters. The van der Waals surface area contributed by atoms with Gasteiger partial charge in [-0.3, -0.25) is 9.89 Å². The van der Waals surface area contributed by atoms with Crippen molar-refractivity contribution >= 4 is 5.96 Å². The van der Waals surface area contributed by atoms with Crippen LogP contribution in [0.2, 0.25) is 0 Å². The Balaban J connectivity index is 1.64. The highest BCUT2D eigenvalue weighted by Gasteiger charge is 2.21. The molecule has 2 rings (SSSR count). The second-order valence-electron chi connectivity index (χ2n) is 7.35. The van der Waals surface area contributed by atoms with Gasteiger partial charge in [-0.15, -0.1) is 0 Å². The molecule has 0 bridgehead atoms. The summed E-state index contributed by atoms with van der Waals surface area (Å²) in [5, 5.41) is 6.79. The largest absolute Gasteiger partial charge is 0.496 e. The molecule has 0 amide bonds. The number of benzene rings is 1. The summed E-state index contributed by atoms with van der Waals surface area (Å²) in [5.41, 5.74) is 2.42. The lowest BCUT2D eigenvalue weighted by Crippen LogP contribution is -2.46. The van der Waals surface area contributed by atoms with Crippen LogP contribution >= 0.6 is 0 Å². The lowest BCUT2D eigenvalue weighted by atomic mass is 10.1. The zero-order valence-electron chi connectivity index (χ0n) is 17.5. The van der Waals surface area contributed by atoms with Gasteiger partial charge in [0, 0.05) is 39.8 Å². The van der Waals surface area contributed by atoms with Gasteiger partial charge in [0.2, 0.25) is 0 Å². The molecule has 1 fully saturated rings. The van der Waals surface area contributed by atoms with Crippen molar-refractivity contribution in [2.75, 3.05) is 46.9 Å². The molecule has 0 aromatic heterocycles. The number of guanidine groups is 1. The maximum atomic E-state index is 5.79. The van der Waals surface area contributed by atoms with Crippen molar-refractivity contribution < 1.29 is 9.47 Å². The van der Waals surface area contributed by atoms with E-state index in [1.165, 1.54) is 5.56 Å². The summed E-state index contributed by atoms with van der Waals surface area (Å²) < 4.78 is 11.2. The summed E-state index contributed by atoms with van der Waals surface area (Å²) in [4.78, 5) is 6.80. The molecule has 1 aromatic carbocycles. The fourth-order valence-electron chi connectivity index (χ4n) is 3.54. The monoisotopic (exact) mass is 376 g/mol. The molecule has 6 nitrogen and oxygen atoms in total. The fraction of sp³-hybridized carbons (Fsp3) is 0.667. The van der Waals surface area contributed by atoms with Crippen molar-refractivity contribution in [3.8, 4) is 5.75 Å². The third-order valence-corrected chi connectivity index (χ3v) is 4.84. The normalized spacial score (nSPS) is 21.1. The number of hydrogen-bond donors (Lipinski definition) is 2. The Morgan fingerprint density at radius 2 is 1.93 bits per heavy atom. The molecule has 1 aliphatic heterocycles. The molecule has 152 valence electrons. The van der Waals surface area contributed by atoms with Gasteiger partial charge in [0.15, 0.2) is 5.96 Å². The van der Waals surface area contributed by atoms with E-state index in [0.29, 0.717) is 12.2 Å². The summed E-state index contributed by atoms with van der Waals surface area (Å²) in [5.74, 6) is 1.81. The molecular weight excluding hydrogens is 340 g/mol. The van der Waals surface area contributed by atoms with Crippen molar-refractivity contribution in [1.82, 2.24) is 15.5 Å². The van der Waals surface area contributed by atoms with Gasteiger partial charge in [-0.05, 0) is 50.8 Å².